The minimum Gasteiger partial charge on any atom is -0.351 e. The highest BCUT2D eigenvalue weighted by atomic mass is 16.2. The van der Waals surface area contributed by atoms with E-state index < -0.39 is 6.03 Å². The van der Waals surface area contributed by atoms with E-state index in [1.807, 2.05) is 0 Å². The van der Waals surface area contributed by atoms with E-state index in [0.717, 1.165) is 12.2 Å². The van der Waals surface area contributed by atoms with Gasteiger partial charge >= 0.3 is 6.03 Å². The van der Waals surface area contributed by atoms with E-state index in [9.17, 15) is 9.59 Å². The number of nitrogens with two attached hydrogens (primary N) is 1. The number of rotatable bonds is 1. The number of isocyanates is 2. The molecule has 0 spiro atoms. The zero-order chi connectivity index (χ0) is 10.4. The molecule has 3 amide bonds. The average molecular weight is 174 g/mol. The van der Waals surface area contributed by atoms with Crippen molar-refractivity contribution in [1.82, 2.24) is 5.32 Å². The maximum atomic E-state index is 9.48. The average Bonchev–Trinajstić information content (AvgIpc) is 1.89. The molecule has 5 N–H and O–H groups in total. The first-order chi connectivity index (χ1) is 5.60. The third-order valence-corrected chi connectivity index (χ3v) is 0.201. The highest BCUT2D eigenvalue weighted by Gasteiger charge is 1.79. The first-order valence-corrected chi connectivity index (χ1v) is 2.18. The van der Waals surface area contributed by atoms with E-state index in [1.165, 1.54) is 0 Å². The van der Waals surface area contributed by atoms with Crippen molar-refractivity contribution in [3.8, 4) is 0 Å². The summed E-state index contributed by atoms with van der Waals surface area (Å²) >= 11 is 0. The van der Waals surface area contributed by atoms with Gasteiger partial charge in [0.1, 0.15) is 0 Å². The molecule has 0 saturated heterocycles. The fourth-order valence-corrected chi connectivity index (χ4v) is 0.0581. The lowest BCUT2D eigenvalue weighted by atomic mass is 11.0. The molecule has 0 aromatic rings. The number of carbonyl (C=O) groups is 2. The molecule has 0 aliphatic carbocycles. The van der Waals surface area contributed by atoms with Crippen LogP contribution in [-0.4, -0.2) is 24.6 Å². The topological polar surface area (TPSA) is 154 Å². The predicted molar refractivity (Wildman–Crippen MR) is 35.6 cm³/mol. The number of carbonyl (C=O) groups excluding carboxylic acids is 4. The van der Waals surface area contributed by atoms with Crippen molar-refractivity contribution in [2.24, 2.45) is 5.73 Å². The molecule has 0 unspecified atom stereocenters. The molecule has 0 rings (SSSR count). The van der Waals surface area contributed by atoms with Crippen molar-refractivity contribution in [3.63, 3.8) is 0 Å². The highest BCUT2D eigenvalue weighted by molar-refractivity contribution is 5.82. The van der Waals surface area contributed by atoms with Gasteiger partial charge in [-0.25, -0.2) is 25.2 Å². The van der Waals surface area contributed by atoms with Crippen LogP contribution in [0, 0.1) is 10.8 Å². The van der Waals surface area contributed by atoms with Gasteiger partial charge in [-0.3, -0.25) is 10.1 Å². The minimum absolute atomic E-state index is 0.225. The third-order valence-electron chi connectivity index (χ3n) is 0.201. The first-order valence-electron chi connectivity index (χ1n) is 2.18. The number of imide groups is 1. The summed E-state index contributed by atoms with van der Waals surface area (Å²) in [5.41, 5.74) is 4.42. The van der Waals surface area contributed by atoms with Crippen molar-refractivity contribution in [2.45, 2.75) is 0 Å². The van der Waals surface area contributed by atoms with Gasteiger partial charge in [0.25, 0.3) is 0 Å². The Hall–Kier alpha value is -2.30. The molecule has 0 radical (unpaired) electrons. The summed E-state index contributed by atoms with van der Waals surface area (Å²) < 4.78 is 0. The van der Waals surface area contributed by atoms with Crippen LogP contribution in [0.3, 0.4) is 0 Å². The van der Waals surface area contributed by atoms with E-state index in [1.54, 1.807) is 5.32 Å². The second-order valence-electron chi connectivity index (χ2n) is 0.831. The fourth-order valence-electron chi connectivity index (χ4n) is 0.0581. The van der Waals surface area contributed by atoms with Gasteiger partial charge in [-0.15, -0.1) is 0 Å². The molecule has 0 heterocycles. The van der Waals surface area contributed by atoms with Gasteiger partial charge in [0.05, 0.1) is 0 Å². The monoisotopic (exact) mass is 174 g/mol. The lowest BCUT2D eigenvalue weighted by Crippen LogP contribution is -2.27. The number of hydrogen-bond donors (Lipinski definition) is 4. The Balaban J connectivity index is -0.000000115. The van der Waals surface area contributed by atoms with Crippen LogP contribution in [0.2, 0.25) is 0 Å². The van der Waals surface area contributed by atoms with Gasteiger partial charge in [0, 0.05) is 0 Å². The first kappa shape index (κ1) is 16.4. The van der Waals surface area contributed by atoms with E-state index in [2.05, 4.69) is 5.73 Å². The maximum Gasteiger partial charge on any atom is 0.318 e. The van der Waals surface area contributed by atoms with Crippen LogP contribution in [0.25, 0.3) is 0 Å². The molecule has 66 valence electrons. The SMILES string of the molecule is N=C=O.N=C=O.NC(=O)NC=O. The summed E-state index contributed by atoms with van der Waals surface area (Å²) in [4.78, 5) is 35.4. The number of nitrogens with one attached hydrogen (secondary N) is 3. The van der Waals surface area contributed by atoms with Crippen molar-refractivity contribution in [2.75, 3.05) is 0 Å². The van der Waals surface area contributed by atoms with Crippen molar-refractivity contribution in [3.05, 3.63) is 0 Å². The molecule has 0 aromatic carbocycles. The van der Waals surface area contributed by atoms with Crippen molar-refractivity contribution >= 4 is 24.6 Å². The largest absolute Gasteiger partial charge is 0.351 e. The van der Waals surface area contributed by atoms with Crippen LogP contribution in [0.5, 0.6) is 0 Å². The number of urea groups is 1. The minimum atomic E-state index is -0.829. The molecular formula is C4H6N4O4. The molecule has 0 saturated carbocycles. The molecule has 0 atom stereocenters. The van der Waals surface area contributed by atoms with Crippen LogP contribution in [0.1, 0.15) is 0 Å². The number of amides is 3. The standard InChI is InChI=1S/C2H4N2O2.2CHNO/c3-2(6)4-1-5;2*2-1-3/h1H,(H3,3,4,5,6);2*2H. The summed E-state index contributed by atoms with van der Waals surface area (Å²) in [6.45, 7) is 0. The Kier molecular flexibility index (Phi) is 31.8. The van der Waals surface area contributed by atoms with Crippen LogP contribution in [-0.2, 0) is 14.4 Å². The molecule has 0 aliphatic heterocycles. The Morgan fingerprint density at radius 1 is 1.33 bits per heavy atom. The summed E-state index contributed by atoms with van der Waals surface area (Å²) in [6, 6.07) is -0.829. The van der Waals surface area contributed by atoms with Gasteiger partial charge < -0.3 is 5.73 Å². The third kappa shape index (κ3) is 705. The van der Waals surface area contributed by atoms with Crippen LogP contribution >= 0.6 is 0 Å². The Bertz CT molecular complexity index is 177. The molecule has 8 heteroatoms. The van der Waals surface area contributed by atoms with Crippen molar-refractivity contribution < 1.29 is 19.2 Å². The van der Waals surface area contributed by atoms with Crippen LogP contribution < -0.4 is 11.1 Å². The van der Waals surface area contributed by atoms with Crippen LogP contribution in [0.15, 0.2) is 0 Å². The van der Waals surface area contributed by atoms with E-state index in [-0.39, 0.29) is 6.41 Å². The van der Waals surface area contributed by atoms with E-state index in [0.29, 0.717) is 0 Å². The summed E-state index contributed by atoms with van der Waals surface area (Å²) in [5, 5.41) is 12.5. The molecule has 0 aromatic heterocycles. The second-order valence-corrected chi connectivity index (χ2v) is 0.831. The van der Waals surface area contributed by atoms with Gasteiger partial charge in [-0.2, -0.15) is 0 Å². The summed E-state index contributed by atoms with van der Waals surface area (Å²) in [7, 11) is 0. The lowest BCUT2D eigenvalue weighted by molar-refractivity contribution is -0.108. The summed E-state index contributed by atoms with van der Waals surface area (Å²) in [5.74, 6) is 0. The smallest absolute Gasteiger partial charge is 0.318 e. The normalized spacial score (nSPS) is 4.67. The molecule has 12 heavy (non-hydrogen) atoms. The van der Waals surface area contributed by atoms with Crippen LogP contribution in [0.4, 0.5) is 4.79 Å². The molecule has 0 fully saturated rings. The Morgan fingerprint density at radius 2 is 1.58 bits per heavy atom. The zero-order valence-corrected chi connectivity index (χ0v) is 5.79. The van der Waals surface area contributed by atoms with E-state index in [4.69, 9.17) is 20.4 Å². The molecule has 0 aliphatic rings. The molecule has 0 bridgehead atoms. The van der Waals surface area contributed by atoms with Gasteiger partial charge in [0.15, 0.2) is 0 Å². The van der Waals surface area contributed by atoms with Gasteiger partial charge in [-0.05, 0) is 0 Å². The molecular weight excluding hydrogens is 168 g/mol. The summed E-state index contributed by atoms with van der Waals surface area (Å²) in [6.07, 6.45) is 1.72. The second kappa shape index (κ2) is 23.4. The van der Waals surface area contributed by atoms with Gasteiger partial charge in [0.2, 0.25) is 18.6 Å². The zero-order valence-electron chi connectivity index (χ0n) is 5.79. The number of hydrogen-bond acceptors (Lipinski definition) is 6. The lowest BCUT2D eigenvalue weighted by Gasteiger charge is -1.79. The Labute approximate surface area is 66.8 Å². The highest BCUT2D eigenvalue weighted by Crippen LogP contribution is 1.41. The van der Waals surface area contributed by atoms with E-state index >= 15 is 0 Å². The molecule has 8 nitrogen and oxygen atoms in total. The quantitative estimate of drug-likeness (QED) is 0.219. The predicted octanol–water partition coefficient (Wildman–Crippen LogP) is -1.39. The Morgan fingerprint density at radius 3 is 1.58 bits per heavy atom. The fraction of sp³-hybridized carbons (Fsp3) is 0. The number of primary amides is 1. The van der Waals surface area contributed by atoms with Gasteiger partial charge in [-0.1, -0.05) is 0 Å². The van der Waals surface area contributed by atoms with Crippen molar-refractivity contribution in [1.29, 1.82) is 10.8 Å². The maximum absolute atomic E-state index is 9.48.